The van der Waals surface area contributed by atoms with E-state index in [1.807, 2.05) is 0 Å². The third-order valence-corrected chi connectivity index (χ3v) is 12.5. The summed E-state index contributed by atoms with van der Waals surface area (Å²) in [6, 6.07) is 98.8. The molecule has 0 fully saturated rings. The molecular formula is C64H45N. The molecule has 11 aromatic rings. The van der Waals surface area contributed by atoms with Crippen LogP contribution in [-0.2, 0) is 0 Å². The van der Waals surface area contributed by atoms with Crippen molar-refractivity contribution in [1.29, 1.82) is 0 Å². The summed E-state index contributed by atoms with van der Waals surface area (Å²) < 4.78 is 0. The van der Waals surface area contributed by atoms with Gasteiger partial charge in [-0.2, -0.15) is 0 Å². The fraction of sp³-hybridized carbons (Fsp3) is 0. The summed E-state index contributed by atoms with van der Waals surface area (Å²) in [4.78, 5) is 2.36. The van der Waals surface area contributed by atoms with Gasteiger partial charge >= 0.3 is 0 Å². The van der Waals surface area contributed by atoms with Crippen molar-refractivity contribution in [2.75, 3.05) is 4.90 Å². The highest BCUT2D eigenvalue weighted by atomic mass is 15.1. The second-order valence-electron chi connectivity index (χ2n) is 16.6. The van der Waals surface area contributed by atoms with Crippen LogP contribution in [0.3, 0.4) is 0 Å². The summed E-state index contributed by atoms with van der Waals surface area (Å²) in [5.74, 6) is 0. The van der Waals surface area contributed by atoms with Gasteiger partial charge in [0.15, 0.2) is 0 Å². The van der Waals surface area contributed by atoms with Crippen LogP contribution in [-0.4, -0.2) is 0 Å². The van der Waals surface area contributed by atoms with Crippen LogP contribution < -0.4 is 4.90 Å². The minimum absolute atomic E-state index is 1.09. The summed E-state index contributed by atoms with van der Waals surface area (Å²) >= 11 is 0. The van der Waals surface area contributed by atoms with E-state index in [1.54, 1.807) is 0 Å². The average molecular weight is 828 g/mol. The number of nitrogens with zero attached hydrogens (tertiary/aromatic N) is 1. The molecule has 0 aliphatic heterocycles. The molecule has 0 N–H and O–H groups in total. The van der Waals surface area contributed by atoms with E-state index in [1.165, 1.54) is 88.7 Å². The van der Waals surface area contributed by atoms with Crippen molar-refractivity contribution in [3.05, 3.63) is 273 Å². The van der Waals surface area contributed by atoms with Crippen LogP contribution in [0.1, 0.15) is 0 Å². The third-order valence-electron chi connectivity index (χ3n) is 12.5. The van der Waals surface area contributed by atoms with Crippen LogP contribution in [0.5, 0.6) is 0 Å². The molecule has 1 heteroatoms. The predicted octanol–water partition coefficient (Wildman–Crippen LogP) is 18.0. The third kappa shape index (κ3) is 8.40. The Labute approximate surface area is 381 Å². The molecular weight excluding hydrogens is 783 g/mol. The van der Waals surface area contributed by atoms with E-state index >= 15 is 0 Å². The van der Waals surface area contributed by atoms with Crippen LogP contribution in [0.2, 0.25) is 0 Å². The maximum absolute atomic E-state index is 2.36. The van der Waals surface area contributed by atoms with E-state index in [0.717, 1.165) is 17.1 Å². The van der Waals surface area contributed by atoms with Gasteiger partial charge in [-0.15, -0.1) is 0 Å². The van der Waals surface area contributed by atoms with Crippen LogP contribution in [0, 0.1) is 0 Å². The summed E-state index contributed by atoms with van der Waals surface area (Å²) in [7, 11) is 0. The Morgan fingerprint density at radius 2 is 0.415 bits per heavy atom. The first kappa shape index (κ1) is 39.3. The molecule has 11 aromatic carbocycles. The lowest BCUT2D eigenvalue weighted by Gasteiger charge is -2.26. The van der Waals surface area contributed by atoms with Crippen LogP contribution >= 0.6 is 0 Å². The Morgan fingerprint density at radius 1 is 0.154 bits per heavy atom. The first-order valence-corrected chi connectivity index (χ1v) is 22.3. The maximum Gasteiger partial charge on any atom is 0.0462 e. The van der Waals surface area contributed by atoms with Crippen molar-refractivity contribution in [3.8, 4) is 77.9 Å². The molecule has 1 nitrogen and oxygen atoms in total. The number of fused-ring (bicyclic) bond motifs is 1. The smallest absolute Gasteiger partial charge is 0.0462 e. The molecule has 11 rings (SSSR count). The molecule has 0 spiro atoms. The van der Waals surface area contributed by atoms with E-state index in [-0.39, 0.29) is 0 Å². The van der Waals surface area contributed by atoms with Crippen LogP contribution in [0.4, 0.5) is 17.1 Å². The van der Waals surface area contributed by atoms with E-state index in [9.17, 15) is 0 Å². The maximum atomic E-state index is 2.36. The monoisotopic (exact) mass is 827 g/mol. The number of hydrogen-bond acceptors (Lipinski definition) is 1. The lowest BCUT2D eigenvalue weighted by Crippen LogP contribution is -2.09. The molecule has 0 amide bonds. The Balaban J connectivity index is 0.944. The minimum Gasteiger partial charge on any atom is -0.311 e. The highest BCUT2D eigenvalue weighted by Crippen LogP contribution is 2.40. The Bertz CT molecular complexity index is 3300. The zero-order chi connectivity index (χ0) is 43.4. The highest BCUT2D eigenvalue weighted by molar-refractivity contribution is 5.89. The standard InChI is InChI=1S/C64H45N/c1-4-13-46(14-5-1)50-23-25-51(26-24-50)52-29-35-62(36-30-52)65(63-37-31-53(32-38-63)56-21-12-22-57(41-56)58-28-27-49-19-10-11-20-55(49)42-58)64-39-33-54(34-40-64)61-44-59(47-15-6-2-7-16-47)43-60(45-61)48-17-8-3-9-18-48/h1-45H. The first-order chi connectivity index (χ1) is 32.2. The lowest BCUT2D eigenvalue weighted by atomic mass is 9.93. The fourth-order valence-corrected chi connectivity index (χ4v) is 8.98. The van der Waals surface area contributed by atoms with Gasteiger partial charge in [0.2, 0.25) is 0 Å². The van der Waals surface area contributed by atoms with Crippen molar-refractivity contribution >= 4 is 27.8 Å². The van der Waals surface area contributed by atoms with Gasteiger partial charge in [0.25, 0.3) is 0 Å². The SMILES string of the molecule is c1ccc(-c2ccc(-c3ccc(N(c4ccc(-c5cccc(-c6ccc7ccccc7c6)c5)cc4)c4ccc(-c5cc(-c6ccccc6)cc(-c6ccccc6)c5)cc4)cc3)cc2)cc1. The van der Waals surface area contributed by atoms with E-state index in [2.05, 4.69) is 278 Å². The van der Waals surface area contributed by atoms with E-state index in [0.29, 0.717) is 0 Å². The molecule has 0 saturated heterocycles. The number of benzene rings is 11. The first-order valence-electron chi connectivity index (χ1n) is 22.3. The molecule has 0 unspecified atom stereocenters. The summed E-state index contributed by atoms with van der Waals surface area (Å²) in [6.45, 7) is 0. The zero-order valence-electron chi connectivity index (χ0n) is 35.9. The molecule has 0 heterocycles. The van der Waals surface area contributed by atoms with Gasteiger partial charge in [0.05, 0.1) is 0 Å². The average Bonchev–Trinajstić information content (AvgIpc) is 3.40. The van der Waals surface area contributed by atoms with Crippen molar-refractivity contribution in [2.24, 2.45) is 0 Å². The number of anilines is 3. The van der Waals surface area contributed by atoms with E-state index < -0.39 is 0 Å². The Kier molecular flexibility index (Phi) is 10.7. The molecule has 0 bridgehead atoms. The second kappa shape index (κ2) is 17.7. The van der Waals surface area contributed by atoms with Gasteiger partial charge in [-0.25, -0.2) is 0 Å². The van der Waals surface area contributed by atoms with Gasteiger partial charge < -0.3 is 4.90 Å². The normalized spacial score (nSPS) is 11.1. The lowest BCUT2D eigenvalue weighted by molar-refractivity contribution is 1.28. The van der Waals surface area contributed by atoms with Crippen molar-refractivity contribution < 1.29 is 0 Å². The summed E-state index contributed by atoms with van der Waals surface area (Å²) in [5, 5.41) is 2.50. The molecule has 0 saturated carbocycles. The molecule has 0 aliphatic rings. The largest absolute Gasteiger partial charge is 0.311 e. The quantitative estimate of drug-likeness (QED) is 0.133. The molecule has 0 aromatic heterocycles. The molecule has 0 radical (unpaired) electrons. The van der Waals surface area contributed by atoms with Gasteiger partial charge in [0.1, 0.15) is 0 Å². The van der Waals surface area contributed by atoms with Crippen LogP contribution in [0.25, 0.3) is 88.7 Å². The summed E-state index contributed by atoms with van der Waals surface area (Å²) in [6.07, 6.45) is 0. The van der Waals surface area contributed by atoms with E-state index in [4.69, 9.17) is 0 Å². The fourth-order valence-electron chi connectivity index (χ4n) is 8.98. The highest BCUT2D eigenvalue weighted by Gasteiger charge is 2.15. The second-order valence-corrected chi connectivity index (χ2v) is 16.6. The Morgan fingerprint density at radius 3 is 0.862 bits per heavy atom. The van der Waals surface area contributed by atoms with Crippen LogP contribution in [0.15, 0.2) is 273 Å². The minimum atomic E-state index is 1.09. The molecule has 0 aliphatic carbocycles. The van der Waals surface area contributed by atoms with Gasteiger partial charge in [-0.3, -0.25) is 0 Å². The van der Waals surface area contributed by atoms with Gasteiger partial charge in [-0.05, 0) is 155 Å². The Hall–Kier alpha value is -8.52. The molecule has 65 heavy (non-hydrogen) atoms. The topological polar surface area (TPSA) is 3.24 Å². The number of hydrogen-bond donors (Lipinski definition) is 0. The predicted molar refractivity (Wildman–Crippen MR) is 277 cm³/mol. The van der Waals surface area contributed by atoms with Crippen molar-refractivity contribution in [1.82, 2.24) is 0 Å². The summed E-state index contributed by atoms with van der Waals surface area (Å²) in [5.41, 5.74) is 20.0. The van der Waals surface area contributed by atoms with Gasteiger partial charge in [-0.1, -0.05) is 206 Å². The number of rotatable bonds is 10. The molecule has 306 valence electrons. The zero-order valence-corrected chi connectivity index (χ0v) is 35.9. The van der Waals surface area contributed by atoms with Gasteiger partial charge in [0, 0.05) is 17.1 Å². The molecule has 0 atom stereocenters. The van der Waals surface area contributed by atoms with Crippen molar-refractivity contribution in [2.45, 2.75) is 0 Å². The van der Waals surface area contributed by atoms with Crippen molar-refractivity contribution in [3.63, 3.8) is 0 Å².